The second-order valence-corrected chi connectivity index (χ2v) is 7.83. The fraction of sp³-hybridized carbons (Fsp3) is 0.348. The highest BCUT2D eigenvalue weighted by molar-refractivity contribution is 5.91. The van der Waals surface area contributed by atoms with Gasteiger partial charge in [-0.1, -0.05) is 36.4 Å². The summed E-state index contributed by atoms with van der Waals surface area (Å²) < 4.78 is 44.6. The number of nitrogens with zero attached hydrogens (tertiary/aromatic N) is 1. The van der Waals surface area contributed by atoms with E-state index in [-0.39, 0.29) is 5.91 Å². The van der Waals surface area contributed by atoms with Crippen molar-refractivity contribution in [2.75, 3.05) is 33.4 Å². The maximum Gasteiger partial charge on any atom is 0.416 e. The highest BCUT2D eigenvalue weighted by atomic mass is 19.4. The summed E-state index contributed by atoms with van der Waals surface area (Å²) in [6.45, 7) is 4.86. The molecule has 1 amide bonds. The Kier molecular flexibility index (Phi) is 6.95. The zero-order valence-electron chi connectivity index (χ0n) is 16.9. The minimum absolute atomic E-state index is 0.323. The van der Waals surface area contributed by atoms with Gasteiger partial charge in [-0.25, -0.2) is 0 Å². The molecule has 1 aliphatic rings. The van der Waals surface area contributed by atoms with Crippen LogP contribution in [0.5, 0.6) is 0 Å². The Bertz CT molecular complexity index is 886. The first-order valence-electron chi connectivity index (χ1n) is 9.86. The van der Waals surface area contributed by atoms with Gasteiger partial charge in [-0.3, -0.25) is 4.79 Å². The summed E-state index contributed by atoms with van der Waals surface area (Å²) in [5.74, 6) is -0.358. The van der Waals surface area contributed by atoms with Crippen molar-refractivity contribution in [3.05, 3.63) is 76.9 Å². The number of halogens is 3. The molecule has 4 nitrogen and oxygen atoms in total. The summed E-state index contributed by atoms with van der Waals surface area (Å²) in [6, 6.07) is 13.0. The summed E-state index contributed by atoms with van der Waals surface area (Å²) in [5.41, 5.74) is 1.78. The lowest BCUT2D eigenvalue weighted by molar-refractivity contribution is -0.929. The van der Waals surface area contributed by atoms with E-state index in [1.165, 1.54) is 29.8 Å². The highest BCUT2D eigenvalue weighted by Gasteiger charge is 2.30. The van der Waals surface area contributed by atoms with Gasteiger partial charge in [0.15, 0.2) is 0 Å². The molecule has 7 heteroatoms. The Morgan fingerprint density at radius 1 is 1.10 bits per heavy atom. The number of carbonyl (C=O) groups is 1. The Morgan fingerprint density at radius 2 is 1.77 bits per heavy atom. The van der Waals surface area contributed by atoms with Gasteiger partial charge in [-0.15, -0.1) is 0 Å². The topological polar surface area (TPSA) is 38.3 Å². The van der Waals surface area contributed by atoms with Crippen molar-refractivity contribution in [1.29, 1.82) is 0 Å². The standard InChI is InChI=1S/C23H25F3N2O2/c1-28(11-13-30-14-12-28)17-20-7-5-19(6-8-20)16-27-22(29)10-9-18-3-2-4-21(15-18)23(24,25)26/h2-10,15H,11-14,16-17H2,1H3/p+1. The van der Waals surface area contributed by atoms with Crippen molar-refractivity contribution in [3.63, 3.8) is 0 Å². The monoisotopic (exact) mass is 419 g/mol. The predicted octanol–water partition coefficient (Wildman–Crippen LogP) is 4.01. The van der Waals surface area contributed by atoms with E-state index in [4.69, 9.17) is 4.74 Å². The molecule has 0 saturated carbocycles. The number of likely N-dealkylation sites (N-methyl/N-ethyl adjacent to an activating group) is 1. The van der Waals surface area contributed by atoms with Crippen molar-refractivity contribution in [3.8, 4) is 0 Å². The van der Waals surface area contributed by atoms with E-state index in [1.54, 1.807) is 0 Å². The minimum atomic E-state index is -4.40. The largest absolute Gasteiger partial charge is 0.416 e. The molecule has 0 atom stereocenters. The van der Waals surface area contributed by atoms with Gasteiger partial charge < -0.3 is 14.5 Å². The van der Waals surface area contributed by atoms with Gasteiger partial charge in [-0.05, 0) is 29.3 Å². The van der Waals surface area contributed by atoms with Gasteiger partial charge in [0.1, 0.15) is 19.6 Å². The van der Waals surface area contributed by atoms with Gasteiger partial charge in [0, 0.05) is 18.2 Å². The molecule has 0 radical (unpaired) electrons. The average Bonchev–Trinajstić information content (AvgIpc) is 2.71. The molecule has 160 valence electrons. The van der Waals surface area contributed by atoms with Crippen LogP contribution >= 0.6 is 0 Å². The van der Waals surface area contributed by atoms with Gasteiger partial charge in [-0.2, -0.15) is 13.2 Å². The van der Waals surface area contributed by atoms with Crippen LogP contribution in [0.3, 0.4) is 0 Å². The maximum absolute atomic E-state index is 12.7. The first-order chi connectivity index (χ1) is 14.2. The number of nitrogens with one attached hydrogen (secondary N) is 1. The number of morpholine rings is 1. The molecule has 1 saturated heterocycles. The molecule has 3 rings (SSSR count). The maximum atomic E-state index is 12.7. The van der Waals surface area contributed by atoms with Gasteiger partial charge in [0.2, 0.25) is 5.91 Å². The van der Waals surface area contributed by atoms with E-state index < -0.39 is 11.7 Å². The fourth-order valence-electron chi connectivity index (χ4n) is 3.38. The van der Waals surface area contributed by atoms with Crippen LogP contribution in [0.15, 0.2) is 54.6 Å². The molecule has 2 aromatic carbocycles. The summed E-state index contributed by atoms with van der Waals surface area (Å²) >= 11 is 0. The molecule has 1 aliphatic heterocycles. The molecular weight excluding hydrogens is 393 g/mol. The van der Waals surface area contributed by atoms with Crippen molar-refractivity contribution in [1.82, 2.24) is 5.32 Å². The summed E-state index contributed by atoms with van der Waals surface area (Å²) in [5, 5.41) is 2.75. The predicted molar refractivity (Wildman–Crippen MR) is 109 cm³/mol. The number of rotatable bonds is 6. The number of hydrogen-bond donors (Lipinski definition) is 1. The van der Waals surface area contributed by atoms with Gasteiger partial charge >= 0.3 is 6.18 Å². The summed E-state index contributed by atoms with van der Waals surface area (Å²) in [7, 11) is 2.23. The lowest BCUT2D eigenvalue weighted by Gasteiger charge is -2.37. The third-order valence-corrected chi connectivity index (χ3v) is 5.25. The molecule has 1 N–H and O–H groups in total. The third-order valence-electron chi connectivity index (χ3n) is 5.25. The van der Waals surface area contributed by atoms with E-state index in [2.05, 4.69) is 24.5 Å². The number of benzene rings is 2. The summed E-state index contributed by atoms with van der Waals surface area (Å²) in [6.07, 6.45) is -1.78. The van der Waals surface area contributed by atoms with Crippen molar-refractivity contribution >= 4 is 12.0 Å². The average molecular weight is 419 g/mol. The van der Waals surface area contributed by atoms with E-state index in [9.17, 15) is 18.0 Å². The molecule has 0 unspecified atom stereocenters. The van der Waals surface area contributed by atoms with Gasteiger partial charge in [0.05, 0.1) is 25.8 Å². The zero-order valence-corrected chi connectivity index (χ0v) is 16.9. The lowest BCUT2D eigenvalue weighted by Crippen LogP contribution is -2.51. The van der Waals surface area contributed by atoms with Crippen molar-refractivity contribution in [2.45, 2.75) is 19.3 Å². The van der Waals surface area contributed by atoms with Crippen LogP contribution in [0.4, 0.5) is 13.2 Å². The van der Waals surface area contributed by atoms with Crippen LogP contribution < -0.4 is 5.32 Å². The van der Waals surface area contributed by atoms with E-state index in [0.29, 0.717) is 12.1 Å². The smallest absolute Gasteiger partial charge is 0.370 e. The number of quaternary nitrogens is 1. The normalized spacial score (nSPS) is 16.5. The Morgan fingerprint density at radius 3 is 2.43 bits per heavy atom. The van der Waals surface area contributed by atoms with E-state index in [1.807, 2.05) is 12.1 Å². The fourth-order valence-corrected chi connectivity index (χ4v) is 3.38. The number of alkyl halides is 3. The number of amides is 1. The lowest BCUT2D eigenvalue weighted by atomic mass is 10.1. The Balaban J connectivity index is 1.50. The second kappa shape index (κ2) is 9.45. The van der Waals surface area contributed by atoms with Crippen molar-refractivity contribution < 1.29 is 27.2 Å². The van der Waals surface area contributed by atoms with Crippen LogP contribution in [0.2, 0.25) is 0 Å². The second-order valence-electron chi connectivity index (χ2n) is 7.83. The molecule has 0 bridgehead atoms. The molecule has 30 heavy (non-hydrogen) atoms. The van der Waals surface area contributed by atoms with Crippen molar-refractivity contribution in [2.24, 2.45) is 0 Å². The SMILES string of the molecule is C[N+]1(Cc2ccc(CNC(=O)C=Cc3cccc(C(F)(F)F)c3)cc2)CCOCC1. The molecule has 1 fully saturated rings. The number of carbonyl (C=O) groups excluding carboxylic acids is 1. The van der Waals surface area contributed by atoms with Crippen LogP contribution in [0.1, 0.15) is 22.3 Å². The van der Waals surface area contributed by atoms with Crippen LogP contribution in [-0.2, 0) is 28.8 Å². The number of hydrogen-bond acceptors (Lipinski definition) is 2. The Hall–Kier alpha value is -2.64. The van der Waals surface area contributed by atoms with Crippen LogP contribution in [0, 0.1) is 0 Å². The Labute approximate surface area is 174 Å². The quantitative estimate of drug-likeness (QED) is 0.568. The molecule has 1 heterocycles. The van der Waals surface area contributed by atoms with Gasteiger partial charge in [0.25, 0.3) is 0 Å². The van der Waals surface area contributed by atoms with Crippen LogP contribution in [-0.4, -0.2) is 43.7 Å². The molecule has 2 aromatic rings. The molecule has 0 aromatic heterocycles. The first kappa shape index (κ1) is 22.1. The van der Waals surface area contributed by atoms with Crippen LogP contribution in [0.25, 0.3) is 6.08 Å². The zero-order chi connectivity index (χ0) is 21.6. The van der Waals surface area contributed by atoms with E-state index in [0.717, 1.165) is 55.0 Å². The minimum Gasteiger partial charge on any atom is -0.370 e. The summed E-state index contributed by atoms with van der Waals surface area (Å²) in [4.78, 5) is 12.0. The van der Waals surface area contributed by atoms with E-state index >= 15 is 0 Å². The molecule has 0 aliphatic carbocycles. The highest BCUT2D eigenvalue weighted by Crippen LogP contribution is 2.29. The first-order valence-corrected chi connectivity index (χ1v) is 9.86. The number of ether oxygens (including phenoxy) is 1. The third kappa shape index (κ3) is 6.43. The molecular formula is C23H26F3N2O2+. The molecule has 0 spiro atoms.